The van der Waals surface area contributed by atoms with Gasteiger partial charge in [0.05, 0.1) is 17.4 Å². The highest BCUT2D eigenvalue weighted by molar-refractivity contribution is 5.95. The lowest BCUT2D eigenvalue weighted by molar-refractivity contribution is -0.119. The number of hydrogen-bond donors (Lipinski definition) is 2. The van der Waals surface area contributed by atoms with Crippen molar-refractivity contribution in [2.45, 2.75) is 33.7 Å². The first-order valence-corrected chi connectivity index (χ1v) is 5.28. The second-order valence-electron chi connectivity index (χ2n) is 5.13. The fourth-order valence-electron chi connectivity index (χ4n) is 1.33. The zero-order valence-corrected chi connectivity index (χ0v) is 10.5. The number of nitrogens with one attached hydrogen (secondary N) is 1. The number of aryl methyl sites for hydroxylation is 2. The molecule has 90 valence electrons. The molecular formula is C11H20N4O. The van der Waals surface area contributed by atoms with Crippen molar-refractivity contribution < 1.29 is 4.79 Å². The molecule has 0 aliphatic heterocycles. The Balaban J connectivity index is 2.76. The van der Waals surface area contributed by atoms with Gasteiger partial charge < -0.3 is 11.1 Å². The van der Waals surface area contributed by atoms with Gasteiger partial charge in [0, 0.05) is 13.2 Å². The minimum Gasteiger partial charge on any atom is -0.322 e. The number of hydrogen-bond acceptors (Lipinski definition) is 3. The number of nitrogens with two attached hydrogens (primary N) is 1. The average Bonchev–Trinajstić information content (AvgIpc) is 2.42. The standard InChI is InChI=1S/C11H20N4O/c1-7-8(6-15(5)14-7)13-10(16)9(12)11(2,3)4/h6,9H,12H2,1-5H3,(H,13,16)/t9-/m1/s1. The molecule has 1 heterocycles. The molecule has 16 heavy (non-hydrogen) atoms. The van der Waals surface area contributed by atoms with Crippen molar-refractivity contribution in [2.75, 3.05) is 5.32 Å². The number of nitrogens with zero attached hydrogens (tertiary/aromatic N) is 2. The Kier molecular flexibility index (Phi) is 3.38. The summed E-state index contributed by atoms with van der Waals surface area (Å²) >= 11 is 0. The van der Waals surface area contributed by atoms with Crippen molar-refractivity contribution in [1.82, 2.24) is 9.78 Å². The zero-order chi connectivity index (χ0) is 12.5. The SMILES string of the molecule is Cc1nn(C)cc1NC(=O)[C@@H](N)C(C)(C)C. The van der Waals surface area contributed by atoms with Crippen LogP contribution < -0.4 is 11.1 Å². The molecule has 0 saturated heterocycles. The van der Waals surface area contributed by atoms with Crippen LogP contribution in [-0.4, -0.2) is 21.7 Å². The molecule has 0 unspecified atom stereocenters. The van der Waals surface area contributed by atoms with Crippen molar-refractivity contribution in [1.29, 1.82) is 0 Å². The highest BCUT2D eigenvalue weighted by Crippen LogP contribution is 2.19. The maximum atomic E-state index is 11.8. The third-order valence-corrected chi connectivity index (χ3v) is 2.49. The molecule has 1 aromatic rings. The van der Waals surface area contributed by atoms with Gasteiger partial charge in [0.1, 0.15) is 0 Å². The van der Waals surface area contributed by atoms with Crippen molar-refractivity contribution in [3.8, 4) is 0 Å². The highest BCUT2D eigenvalue weighted by Gasteiger charge is 2.27. The molecule has 0 aliphatic carbocycles. The summed E-state index contributed by atoms with van der Waals surface area (Å²) in [5.74, 6) is -0.177. The normalized spacial score (nSPS) is 13.6. The lowest BCUT2D eigenvalue weighted by atomic mass is 9.87. The van der Waals surface area contributed by atoms with Gasteiger partial charge in [0.15, 0.2) is 0 Å². The average molecular weight is 224 g/mol. The van der Waals surface area contributed by atoms with E-state index in [0.29, 0.717) is 5.69 Å². The molecular weight excluding hydrogens is 204 g/mol. The summed E-state index contributed by atoms with van der Waals surface area (Å²) in [4.78, 5) is 11.8. The van der Waals surface area contributed by atoms with Crippen LogP contribution in [0, 0.1) is 12.3 Å². The van der Waals surface area contributed by atoms with Crippen LogP contribution >= 0.6 is 0 Å². The summed E-state index contributed by atoms with van der Waals surface area (Å²) in [7, 11) is 1.81. The molecule has 1 atom stereocenters. The van der Waals surface area contributed by atoms with Gasteiger partial charge in [0.2, 0.25) is 5.91 Å². The molecule has 0 bridgehead atoms. The van der Waals surface area contributed by atoms with Crippen LogP contribution in [0.15, 0.2) is 6.20 Å². The van der Waals surface area contributed by atoms with E-state index in [0.717, 1.165) is 5.69 Å². The third-order valence-electron chi connectivity index (χ3n) is 2.49. The molecule has 1 rings (SSSR count). The van der Waals surface area contributed by atoms with E-state index in [9.17, 15) is 4.79 Å². The first-order valence-electron chi connectivity index (χ1n) is 5.28. The minimum absolute atomic E-state index is 0.177. The van der Waals surface area contributed by atoms with Gasteiger partial charge in [-0.25, -0.2) is 0 Å². The number of anilines is 1. The van der Waals surface area contributed by atoms with Crippen molar-refractivity contribution >= 4 is 11.6 Å². The Morgan fingerprint density at radius 3 is 2.50 bits per heavy atom. The van der Waals surface area contributed by atoms with E-state index in [1.54, 1.807) is 10.9 Å². The quantitative estimate of drug-likeness (QED) is 0.788. The molecule has 1 amide bonds. The van der Waals surface area contributed by atoms with E-state index in [1.165, 1.54) is 0 Å². The summed E-state index contributed by atoms with van der Waals surface area (Å²) < 4.78 is 1.66. The summed E-state index contributed by atoms with van der Waals surface area (Å²) in [6.45, 7) is 7.66. The van der Waals surface area contributed by atoms with Crippen LogP contribution in [0.25, 0.3) is 0 Å². The fraction of sp³-hybridized carbons (Fsp3) is 0.636. The molecule has 5 nitrogen and oxygen atoms in total. The monoisotopic (exact) mass is 224 g/mol. The second kappa shape index (κ2) is 4.25. The van der Waals surface area contributed by atoms with E-state index in [-0.39, 0.29) is 11.3 Å². The third kappa shape index (κ3) is 2.82. The zero-order valence-electron chi connectivity index (χ0n) is 10.5. The highest BCUT2D eigenvalue weighted by atomic mass is 16.2. The summed E-state index contributed by atoms with van der Waals surface area (Å²) in [5.41, 5.74) is 7.11. The lowest BCUT2D eigenvalue weighted by Gasteiger charge is -2.25. The number of carbonyl (C=O) groups excluding carboxylic acids is 1. The van der Waals surface area contributed by atoms with E-state index >= 15 is 0 Å². The largest absolute Gasteiger partial charge is 0.322 e. The number of aromatic nitrogens is 2. The van der Waals surface area contributed by atoms with Crippen LogP contribution in [-0.2, 0) is 11.8 Å². The van der Waals surface area contributed by atoms with E-state index in [2.05, 4.69) is 10.4 Å². The Morgan fingerprint density at radius 1 is 1.56 bits per heavy atom. The summed E-state index contributed by atoms with van der Waals surface area (Å²) in [6, 6.07) is -0.535. The van der Waals surface area contributed by atoms with E-state index in [1.807, 2.05) is 34.7 Å². The van der Waals surface area contributed by atoms with Gasteiger partial charge in [0.25, 0.3) is 0 Å². The maximum Gasteiger partial charge on any atom is 0.241 e. The molecule has 0 radical (unpaired) electrons. The van der Waals surface area contributed by atoms with Crippen LogP contribution in [0.5, 0.6) is 0 Å². The molecule has 3 N–H and O–H groups in total. The van der Waals surface area contributed by atoms with Gasteiger partial charge in [-0.3, -0.25) is 9.48 Å². The topological polar surface area (TPSA) is 72.9 Å². The van der Waals surface area contributed by atoms with Crippen LogP contribution in [0.1, 0.15) is 26.5 Å². The van der Waals surface area contributed by atoms with Gasteiger partial charge in [-0.15, -0.1) is 0 Å². The molecule has 0 aliphatic rings. The number of carbonyl (C=O) groups is 1. The summed E-state index contributed by atoms with van der Waals surface area (Å²) in [5, 5.41) is 6.94. The molecule has 0 saturated carbocycles. The van der Waals surface area contributed by atoms with Gasteiger partial charge in [-0.1, -0.05) is 20.8 Å². The van der Waals surface area contributed by atoms with Crippen LogP contribution in [0.3, 0.4) is 0 Å². The van der Waals surface area contributed by atoms with Crippen molar-refractivity contribution in [3.05, 3.63) is 11.9 Å². The van der Waals surface area contributed by atoms with Crippen LogP contribution in [0.2, 0.25) is 0 Å². The Hall–Kier alpha value is -1.36. The Morgan fingerprint density at radius 2 is 2.12 bits per heavy atom. The molecule has 5 heteroatoms. The molecule has 0 aromatic carbocycles. The Bertz CT molecular complexity index is 389. The second-order valence-corrected chi connectivity index (χ2v) is 5.13. The van der Waals surface area contributed by atoms with Gasteiger partial charge in [-0.2, -0.15) is 5.10 Å². The minimum atomic E-state index is -0.535. The molecule has 0 fully saturated rings. The van der Waals surface area contributed by atoms with Crippen molar-refractivity contribution in [3.63, 3.8) is 0 Å². The first-order chi connectivity index (χ1) is 7.21. The predicted molar refractivity (Wildman–Crippen MR) is 64.0 cm³/mol. The molecule has 0 spiro atoms. The lowest BCUT2D eigenvalue weighted by Crippen LogP contribution is -2.45. The van der Waals surface area contributed by atoms with Crippen LogP contribution in [0.4, 0.5) is 5.69 Å². The molecule has 1 aromatic heterocycles. The number of amides is 1. The Labute approximate surface area is 96.0 Å². The fourth-order valence-corrected chi connectivity index (χ4v) is 1.33. The van der Waals surface area contributed by atoms with E-state index in [4.69, 9.17) is 5.73 Å². The van der Waals surface area contributed by atoms with Gasteiger partial charge >= 0.3 is 0 Å². The van der Waals surface area contributed by atoms with Gasteiger partial charge in [-0.05, 0) is 12.3 Å². The first kappa shape index (κ1) is 12.7. The predicted octanol–water partition coefficient (Wildman–Crippen LogP) is 1.04. The van der Waals surface area contributed by atoms with E-state index < -0.39 is 6.04 Å². The summed E-state index contributed by atoms with van der Waals surface area (Å²) in [6.07, 6.45) is 1.77. The number of rotatable bonds is 2. The maximum absolute atomic E-state index is 11.8. The smallest absolute Gasteiger partial charge is 0.241 e. The van der Waals surface area contributed by atoms with Crippen molar-refractivity contribution in [2.24, 2.45) is 18.2 Å².